The van der Waals surface area contributed by atoms with Crippen molar-refractivity contribution in [1.82, 2.24) is 15.0 Å². The summed E-state index contributed by atoms with van der Waals surface area (Å²) in [5.74, 6) is 1.64. The number of nitrogens with zero attached hydrogens (tertiary/aromatic N) is 4. The lowest BCUT2D eigenvalue weighted by Gasteiger charge is -2.37. The lowest BCUT2D eigenvalue weighted by Crippen LogP contribution is -2.28. The number of thioether (sulfide) groups is 1. The third-order valence-corrected chi connectivity index (χ3v) is 6.17. The maximum Gasteiger partial charge on any atom is 0.187 e. The third kappa shape index (κ3) is 3.17. The van der Waals surface area contributed by atoms with Crippen LogP contribution in [0, 0.1) is 0 Å². The zero-order valence-electron chi connectivity index (χ0n) is 16.2. The molecule has 0 spiro atoms. The van der Waals surface area contributed by atoms with E-state index >= 15 is 0 Å². The highest BCUT2D eigenvalue weighted by Gasteiger charge is 2.35. The summed E-state index contributed by atoms with van der Waals surface area (Å²) in [6, 6.07) is 5.36. The molecule has 9 heteroatoms. The Balaban J connectivity index is 2.02. The smallest absolute Gasteiger partial charge is 0.187 e. The predicted octanol–water partition coefficient (Wildman–Crippen LogP) is 5.80. The molecular weight excluding hydrogens is 431 g/mol. The Hall–Kier alpha value is -2.22. The zero-order chi connectivity index (χ0) is 20.7. The van der Waals surface area contributed by atoms with E-state index in [0.717, 1.165) is 16.8 Å². The molecule has 0 saturated heterocycles. The predicted molar refractivity (Wildman–Crippen MR) is 117 cm³/mol. The average Bonchev–Trinajstić information content (AvgIpc) is 2.75. The maximum atomic E-state index is 6.71. The number of hydrogen-bond acceptors (Lipinski definition) is 7. The first-order valence-electron chi connectivity index (χ1n) is 8.77. The summed E-state index contributed by atoms with van der Waals surface area (Å²) in [5.41, 5.74) is 3.26. The van der Waals surface area contributed by atoms with Crippen molar-refractivity contribution < 1.29 is 9.47 Å². The number of hydrogen-bond donors (Lipinski definition) is 0. The molecule has 150 valence electrons. The molecule has 0 fully saturated rings. The second-order valence-corrected chi connectivity index (χ2v) is 7.87. The fourth-order valence-electron chi connectivity index (χ4n) is 3.47. The monoisotopic (exact) mass is 448 g/mol. The first-order chi connectivity index (χ1) is 14.0. The number of anilines is 2. The Morgan fingerprint density at radius 1 is 1.10 bits per heavy atom. The molecule has 2 aromatic heterocycles. The van der Waals surface area contributed by atoms with Gasteiger partial charge in [-0.05, 0) is 25.3 Å². The van der Waals surface area contributed by atoms with Crippen molar-refractivity contribution >= 4 is 46.5 Å². The summed E-state index contributed by atoms with van der Waals surface area (Å²) in [7, 11) is 3.11. The number of pyridine rings is 1. The number of fused-ring (bicyclic) bond motifs is 3. The van der Waals surface area contributed by atoms with E-state index in [1.807, 2.05) is 36.4 Å². The van der Waals surface area contributed by atoms with Gasteiger partial charge in [0.2, 0.25) is 0 Å². The standard InChI is InChI=1S/C20H18Cl2N4O2S/c1-10-12-9-24-20(29-4)25-17(12)11-6-5-7-23-19(11)26(10)18-15(21)13(27-2)8-14(28-3)16(18)22/h5-10H,1-4H3. The molecule has 0 N–H and O–H groups in total. The minimum atomic E-state index is -0.171. The van der Waals surface area contributed by atoms with Gasteiger partial charge in [0.05, 0.1) is 31.6 Å². The van der Waals surface area contributed by atoms with Crippen LogP contribution < -0.4 is 14.4 Å². The molecular formula is C20H18Cl2N4O2S. The molecule has 0 aliphatic carbocycles. The minimum Gasteiger partial charge on any atom is -0.495 e. The number of halogens is 2. The normalized spacial score (nSPS) is 15.0. The van der Waals surface area contributed by atoms with Gasteiger partial charge in [0.1, 0.15) is 27.4 Å². The van der Waals surface area contributed by atoms with Gasteiger partial charge in [-0.3, -0.25) is 0 Å². The van der Waals surface area contributed by atoms with Gasteiger partial charge in [-0.25, -0.2) is 15.0 Å². The van der Waals surface area contributed by atoms with E-state index < -0.39 is 0 Å². The van der Waals surface area contributed by atoms with Crippen LogP contribution in [-0.4, -0.2) is 35.4 Å². The zero-order valence-corrected chi connectivity index (χ0v) is 18.6. The molecule has 4 rings (SSSR count). The van der Waals surface area contributed by atoms with Gasteiger partial charge in [-0.15, -0.1) is 0 Å². The summed E-state index contributed by atoms with van der Waals surface area (Å²) in [6.45, 7) is 2.04. The summed E-state index contributed by atoms with van der Waals surface area (Å²) in [6.07, 6.45) is 5.53. The number of aromatic nitrogens is 3. The molecule has 0 radical (unpaired) electrons. The van der Waals surface area contributed by atoms with Crippen molar-refractivity contribution in [3.8, 4) is 22.8 Å². The van der Waals surface area contributed by atoms with Crippen molar-refractivity contribution in [1.29, 1.82) is 0 Å². The molecule has 1 aromatic carbocycles. The number of rotatable bonds is 4. The Bertz CT molecular complexity index is 1070. The molecule has 1 unspecified atom stereocenters. The van der Waals surface area contributed by atoms with E-state index in [1.54, 1.807) is 26.5 Å². The fourth-order valence-corrected chi connectivity index (χ4v) is 4.50. The van der Waals surface area contributed by atoms with Crippen LogP contribution >= 0.6 is 35.0 Å². The first-order valence-corrected chi connectivity index (χ1v) is 10.7. The minimum absolute atomic E-state index is 0.171. The van der Waals surface area contributed by atoms with Gasteiger partial charge < -0.3 is 14.4 Å². The van der Waals surface area contributed by atoms with Crippen LogP contribution in [0.3, 0.4) is 0 Å². The summed E-state index contributed by atoms with van der Waals surface area (Å²) in [5, 5.41) is 1.47. The van der Waals surface area contributed by atoms with Gasteiger partial charge >= 0.3 is 0 Å². The maximum absolute atomic E-state index is 6.71. The van der Waals surface area contributed by atoms with Crippen molar-refractivity contribution in [2.75, 3.05) is 25.4 Å². The Kier molecular flexibility index (Phi) is 5.46. The molecule has 0 bridgehead atoms. The van der Waals surface area contributed by atoms with Gasteiger partial charge in [-0.1, -0.05) is 35.0 Å². The van der Waals surface area contributed by atoms with Gasteiger partial charge in [0.15, 0.2) is 5.16 Å². The molecule has 1 aliphatic heterocycles. The topological polar surface area (TPSA) is 60.4 Å². The summed E-state index contributed by atoms with van der Waals surface area (Å²) in [4.78, 5) is 15.8. The molecule has 0 saturated carbocycles. The highest BCUT2D eigenvalue weighted by molar-refractivity contribution is 7.98. The van der Waals surface area contributed by atoms with Gasteiger partial charge in [0, 0.05) is 29.6 Å². The van der Waals surface area contributed by atoms with E-state index in [-0.39, 0.29) is 6.04 Å². The highest BCUT2D eigenvalue weighted by Crippen LogP contribution is 2.54. The third-order valence-electron chi connectivity index (χ3n) is 4.88. The van der Waals surface area contributed by atoms with Crippen LogP contribution in [0.4, 0.5) is 11.5 Å². The fraction of sp³-hybridized carbons (Fsp3) is 0.250. The van der Waals surface area contributed by atoms with E-state index in [0.29, 0.717) is 38.2 Å². The lowest BCUT2D eigenvalue weighted by molar-refractivity contribution is 0.394. The van der Waals surface area contributed by atoms with Crippen LogP contribution in [0.2, 0.25) is 10.0 Å². The number of methoxy groups -OCH3 is 2. The second kappa shape index (κ2) is 7.89. The van der Waals surface area contributed by atoms with Crippen LogP contribution in [0.1, 0.15) is 18.5 Å². The number of ether oxygens (including phenoxy) is 2. The molecule has 3 aromatic rings. The molecule has 6 nitrogen and oxygen atoms in total. The van der Waals surface area contributed by atoms with E-state index in [2.05, 4.69) is 9.97 Å². The van der Waals surface area contributed by atoms with Crippen LogP contribution in [0.15, 0.2) is 35.7 Å². The molecule has 3 heterocycles. The molecule has 0 amide bonds. The second-order valence-electron chi connectivity index (χ2n) is 6.34. The summed E-state index contributed by atoms with van der Waals surface area (Å²) >= 11 is 14.9. The van der Waals surface area contributed by atoms with Crippen molar-refractivity contribution in [2.24, 2.45) is 0 Å². The molecule has 1 aliphatic rings. The summed E-state index contributed by atoms with van der Waals surface area (Å²) < 4.78 is 10.9. The van der Waals surface area contributed by atoms with E-state index in [1.165, 1.54) is 11.8 Å². The Morgan fingerprint density at radius 3 is 2.41 bits per heavy atom. The van der Waals surface area contributed by atoms with Crippen molar-refractivity contribution in [3.05, 3.63) is 46.2 Å². The quantitative estimate of drug-likeness (QED) is 0.369. The lowest BCUT2D eigenvalue weighted by atomic mass is 9.95. The molecule has 1 atom stereocenters. The SMILES string of the molecule is COc1cc(OC)c(Cl)c(N2c3ncccc3-c3nc(SC)ncc3C2C)c1Cl. The molecule has 29 heavy (non-hydrogen) atoms. The van der Waals surface area contributed by atoms with Crippen molar-refractivity contribution in [2.45, 2.75) is 18.1 Å². The number of benzene rings is 1. The Labute approximate surface area is 183 Å². The Morgan fingerprint density at radius 2 is 1.79 bits per heavy atom. The van der Waals surface area contributed by atoms with Gasteiger partial charge in [-0.2, -0.15) is 0 Å². The van der Waals surface area contributed by atoms with Gasteiger partial charge in [0.25, 0.3) is 0 Å². The first kappa shape index (κ1) is 20.1. The van der Waals surface area contributed by atoms with E-state index in [4.69, 9.17) is 37.7 Å². The average molecular weight is 449 g/mol. The largest absolute Gasteiger partial charge is 0.495 e. The highest BCUT2D eigenvalue weighted by atomic mass is 35.5. The van der Waals surface area contributed by atoms with Crippen LogP contribution in [0.25, 0.3) is 11.3 Å². The van der Waals surface area contributed by atoms with Crippen LogP contribution in [-0.2, 0) is 0 Å². The van der Waals surface area contributed by atoms with Crippen molar-refractivity contribution in [3.63, 3.8) is 0 Å². The van der Waals surface area contributed by atoms with E-state index in [9.17, 15) is 0 Å². The van der Waals surface area contributed by atoms with Crippen LogP contribution in [0.5, 0.6) is 11.5 Å².